The number of pyridine rings is 1. The molecule has 5 rings (SSSR count). The van der Waals surface area contributed by atoms with Crippen LogP contribution in [0.1, 0.15) is 35.4 Å². The fraction of sp³-hybridized carbons (Fsp3) is 0.333. The second kappa shape index (κ2) is 7.49. The SMILES string of the molecule is O=C(NC1CC(F)(F)C1)c1cnn2ccc(-c3c[nH]c4nc(CCC(F)(F)F)ncc34)cc12. The number of hydrogen-bond donors (Lipinski definition) is 2. The van der Waals surface area contributed by atoms with Crippen LogP contribution in [0.5, 0.6) is 0 Å². The topological polar surface area (TPSA) is 88.0 Å². The zero-order valence-corrected chi connectivity index (χ0v) is 17.0. The summed E-state index contributed by atoms with van der Waals surface area (Å²) in [5.74, 6) is -3.14. The molecule has 0 unspecified atom stereocenters. The van der Waals surface area contributed by atoms with Crippen LogP contribution in [0.25, 0.3) is 27.7 Å². The summed E-state index contributed by atoms with van der Waals surface area (Å²) in [6, 6.07) is 2.90. The van der Waals surface area contributed by atoms with Crippen molar-refractivity contribution in [1.82, 2.24) is 29.9 Å². The molecule has 0 radical (unpaired) electrons. The Labute approximate surface area is 183 Å². The Morgan fingerprint density at radius 2 is 2.06 bits per heavy atom. The van der Waals surface area contributed by atoms with Gasteiger partial charge in [0.15, 0.2) is 0 Å². The zero-order valence-electron chi connectivity index (χ0n) is 17.0. The van der Waals surface area contributed by atoms with Crippen LogP contribution >= 0.6 is 0 Å². The van der Waals surface area contributed by atoms with Gasteiger partial charge in [0, 0.05) is 54.8 Å². The van der Waals surface area contributed by atoms with Gasteiger partial charge in [0.2, 0.25) is 0 Å². The van der Waals surface area contributed by atoms with Crippen molar-refractivity contribution in [1.29, 1.82) is 0 Å². The third-order valence-electron chi connectivity index (χ3n) is 5.62. The Kier molecular flexibility index (Phi) is 4.83. The maximum absolute atomic E-state index is 13.1. The van der Waals surface area contributed by atoms with Crippen LogP contribution < -0.4 is 5.32 Å². The van der Waals surface area contributed by atoms with Gasteiger partial charge in [-0.1, -0.05) is 0 Å². The lowest BCUT2D eigenvalue weighted by molar-refractivity contribution is -0.134. The summed E-state index contributed by atoms with van der Waals surface area (Å²) < 4.78 is 65.0. The van der Waals surface area contributed by atoms with E-state index in [1.165, 1.54) is 16.9 Å². The average molecular weight is 464 g/mol. The number of nitrogens with zero attached hydrogens (tertiary/aromatic N) is 4. The summed E-state index contributed by atoms with van der Waals surface area (Å²) in [7, 11) is 0. The summed E-state index contributed by atoms with van der Waals surface area (Å²) in [4.78, 5) is 23.8. The van der Waals surface area contributed by atoms with Gasteiger partial charge >= 0.3 is 6.18 Å². The van der Waals surface area contributed by atoms with Crippen LogP contribution in [0.3, 0.4) is 0 Å². The van der Waals surface area contributed by atoms with Gasteiger partial charge in [0.25, 0.3) is 11.8 Å². The molecule has 1 saturated carbocycles. The van der Waals surface area contributed by atoms with Crippen molar-refractivity contribution in [2.24, 2.45) is 0 Å². The predicted molar refractivity (Wildman–Crippen MR) is 108 cm³/mol. The van der Waals surface area contributed by atoms with Crippen molar-refractivity contribution < 1.29 is 26.7 Å². The van der Waals surface area contributed by atoms with E-state index in [1.54, 1.807) is 24.5 Å². The number of aryl methyl sites for hydroxylation is 1. The van der Waals surface area contributed by atoms with E-state index in [2.05, 4.69) is 25.4 Å². The van der Waals surface area contributed by atoms with Crippen molar-refractivity contribution in [2.75, 3.05) is 0 Å². The number of rotatable bonds is 5. The highest BCUT2D eigenvalue weighted by Gasteiger charge is 2.46. The molecular weight excluding hydrogens is 447 g/mol. The minimum Gasteiger partial charge on any atom is -0.349 e. The summed E-state index contributed by atoms with van der Waals surface area (Å²) in [6.07, 6.45) is -0.242. The highest BCUT2D eigenvalue weighted by molar-refractivity contribution is 6.02. The number of aromatic nitrogens is 5. The molecule has 4 aromatic heterocycles. The summed E-state index contributed by atoms with van der Waals surface area (Å²) in [5, 5.41) is 7.35. The maximum atomic E-state index is 13.1. The van der Waals surface area contributed by atoms with E-state index in [4.69, 9.17) is 0 Å². The number of carbonyl (C=O) groups excluding carboxylic acids is 1. The van der Waals surface area contributed by atoms with Gasteiger partial charge in [-0.2, -0.15) is 18.3 Å². The lowest BCUT2D eigenvalue weighted by Crippen LogP contribution is -2.50. The normalized spacial score (nSPS) is 16.3. The van der Waals surface area contributed by atoms with Crippen molar-refractivity contribution in [2.45, 2.75) is 43.8 Å². The molecule has 12 heteroatoms. The molecular formula is C21H17F5N6O. The van der Waals surface area contributed by atoms with Crippen molar-refractivity contribution in [3.05, 3.63) is 48.3 Å². The van der Waals surface area contributed by atoms with Gasteiger partial charge in [0.1, 0.15) is 11.5 Å². The Balaban J connectivity index is 1.42. The van der Waals surface area contributed by atoms with Gasteiger partial charge in [-0.3, -0.25) is 4.79 Å². The molecule has 4 heterocycles. The highest BCUT2D eigenvalue weighted by Crippen LogP contribution is 2.37. The number of fused-ring (bicyclic) bond motifs is 2. The monoisotopic (exact) mass is 464 g/mol. The quantitative estimate of drug-likeness (QED) is 0.432. The molecule has 2 N–H and O–H groups in total. The zero-order chi connectivity index (χ0) is 23.4. The molecule has 7 nitrogen and oxygen atoms in total. The molecule has 0 spiro atoms. The largest absolute Gasteiger partial charge is 0.389 e. The van der Waals surface area contributed by atoms with Crippen LogP contribution in [-0.2, 0) is 6.42 Å². The smallest absolute Gasteiger partial charge is 0.349 e. The van der Waals surface area contributed by atoms with E-state index >= 15 is 0 Å². The van der Waals surface area contributed by atoms with Crippen molar-refractivity contribution in [3.8, 4) is 11.1 Å². The first-order chi connectivity index (χ1) is 15.6. The standard InChI is InChI=1S/C21H17F5N6O/c22-20(23)6-12(7-20)30-19(33)15-10-29-32-4-2-11(5-16(15)32)13-8-28-18-14(13)9-27-17(31-18)1-3-21(24,25)26/h2,4-5,8-10,12H,1,3,6-7H2,(H,30,33)(H,27,28,31). The Morgan fingerprint density at radius 1 is 1.27 bits per heavy atom. The number of H-pyrrole nitrogens is 1. The molecule has 0 saturated heterocycles. The molecule has 1 amide bonds. The van der Waals surface area contributed by atoms with Crippen LogP contribution in [0, 0.1) is 0 Å². The molecule has 1 fully saturated rings. The lowest BCUT2D eigenvalue weighted by atomic mass is 9.88. The van der Waals surface area contributed by atoms with Gasteiger partial charge in [0.05, 0.1) is 23.7 Å². The van der Waals surface area contributed by atoms with Gasteiger partial charge in [-0.25, -0.2) is 23.3 Å². The molecule has 4 aromatic rings. The third kappa shape index (κ3) is 4.24. The maximum Gasteiger partial charge on any atom is 0.389 e. The molecule has 1 aliphatic rings. The summed E-state index contributed by atoms with van der Waals surface area (Å²) in [6.45, 7) is 0. The number of alkyl halides is 5. The number of halogens is 5. The Hall–Kier alpha value is -3.57. The molecule has 0 atom stereocenters. The molecule has 0 bridgehead atoms. The average Bonchev–Trinajstić information content (AvgIpc) is 3.33. The first kappa shape index (κ1) is 21.3. The van der Waals surface area contributed by atoms with E-state index in [-0.39, 0.29) is 30.7 Å². The third-order valence-corrected chi connectivity index (χ3v) is 5.62. The van der Waals surface area contributed by atoms with Crippen LogP contribution in [-0.4, -0.2) is 48.6 Å². The van der Waals surface area contributed by atoms with Crippen molar-refractivity contribution >= 4 is 22.5 Å². The summed E-state index contributed by atoms with van der Waals surface area (Å²) >= 11 is 0. The first-order valence-electron chi connectivity index (χ1n) is 10.1. The highest BCUT2D eigenvalue weighted by atomic mass is 19.4. The minimum atomic E-state index is -4.29. The number of hydrogen-bond acceptors (Lipinski definition) is 4. The van der Waals surface area contributed by atoms with E-state index in [0.29, 0.717) is 27.7 Å². The number of nitrogens with one attached hydrogen (secondary N) is 2. The molecule has 33 heavy (non-hydrogen) atoms. The minimum absolute atomic E-state index is 0.0833. The molecule has 0 aliphatic heterocycles. The van der Waals surface area contributed by atoms with Gasteiger partial charge < -0.3 is 10.3 Å². The fourth-order valence-corrected chi connectivity index (χ4v) is 3.91. The fourth-order valence-electron chi connectivity index (χ4n) is 3.91. The van der Waals surface area contributed by atoms with E-state index < -0.39 is 30.5 Å². The Bertz CT molecular complexity index is 1350. The van der Waals surface area contributed by atoms with Crippen molar-refractivity contribution in [3.63, 3.8) is 0 Å². The first-order valence-corrected chi connectivity index (χ1v) is 10.1. The molecule has 172 valence electrons. The second-order valence-corrected chi connectivity index (χ2v) is 8.10. The van der Waals surface area contributed by atoms with E-state index in [9.17, 15) is 26.7 Å². The number of amides is 1. The second-order valence-electron chi connectivity index (χ2n) is 8.10. The van der Waals surface area contributed by atoms with Gasteiger partial charge in [-0.15, -0.1) is 0 Å². The van der Waals surface area contributed by atoms with Crippen LogP contribution in [0.2, 0.25) is 0 Å². The van der Waals surface area contributed by atoms with Crippen LogP contribution in [0.4, 0.5) is 22.0 Å². The van der Waals surface area contributed by atoms with E-state index in [1.807, 2.05) is 0 Å². The molecule has 1 aliphatic carbocycles. The number of aromatic amines is 1. The number of carbonyl (C=O) groups is 1. The van der Waals surface area contributed by atoms with Crippen LogP contribution in [0.15, 0.2) is 36.9 Å². The summed E-state index contributed by atoms with van der Waals surface area (Å²) in [5.41, 5.74) is 2.52. The lowest BCUT2D eigenvalue weighted by Gasteiger charge is -2.35. The van der Waals surface area contributed by atoms with Gasteiger partial charge in [-0.05, 0) is 17.7 Å². The Morgan fingerprint density at radius 3 is 2.79 bits per heavy atom. The predicted octanol–water partition coefficient (Wildman–Crippen LogP) is 4.30. The molecule has 0 aromatic carbocycles. The van der Waals surface area contributed by atoms with E-state index in [0.717, 1.165) is 0 Å².